The quantitative estimate of drug-likeness (QED) is 0.297. The minimum absolute atomic E-state index is 0.193. The first kappa shape index (κ1) is 28.2. The molecular weight excluding hydrogens is 550 g/mol. The van der Waals surface area contributed by atoms with Crippen molar-refractivity contribution in [2.75, 3.05) is 20.3 Å². The molecule has 9 heteroatoms. The molecule has 2 aliphatic rings. The van der Waals surface area contributed by atoms with Gasteiger partial charge in [-0.05, 0) is 75.3 Å². The minimum atomic E-state index is -0.704. The van der Waals surface area contributed by atoms with E-state index in [4.69, 9.17) is 19.2 Å². The van der Waals surface area contributed by atoms with E-state index < -0.39 is 12.0 Å². The maximum atomic E-state index is 14.2. The smallest absolute Gasteiger partial charge is 0.338 e. The fraction of sp³-hybridized carbons (Fsp3) is 0.364. The molecule has 2 aliphatic heterocycles. The highest BCUT2D eigenvalue weighted by Crippen LogP contribution is 2.38. The zero-order valence-corrected chi connectivity index (χ0v) is 25.4. The van der Waals surface area contributed by atoms with Crippen molar-refractivity contribution < 1.29 is 19.0 Å². The fourth-order valence-electron chi connectivity index (χ4n) is 6.18. The number of aryl methyl sites for hydroxylation is 1. The molecule has 8 nitrogen and oxygen atoms in total. The number of methoxy groups -OCH3 is 1. The van der Waals surface area contributed by atoms with Crippen LogP contribution in [-0.4, -0.2) is 41.5 Å². The molecule has 42 heavy (non-hydrogen) atoms. The lowest BCUT2D eigenvalue weighted by molar-refractivity contribution is -0.139. The monoisotopic (exact) mass is 585 g/mol. The number of rotatable bonds is 7. The second-order valence-corrected chi connectivity index (χ2v) is 11.8. The summed E-state index contributed by atoms with van der Waals surface area (Å²) in [6.45, 7) is 9.59. The van der Waals surface area contributed by atoms with Crippen LogP contribution in [0.2, 0.25) is 0 Å². The van der Waals surface area contributed by atoms with Gasteiger partial charge in [-0.25, -0.2) is 9.79 Å². The summed E-state index contributed by atoms with van der Waals surface area (Å²) in [6.07, 6.45) is 4.32. The van der Waals surface area contributed by atoms with E-state index in [0.717, 1.165) is 65.0 Å². The Bertz CT molecular complexity index is 1910. The zero-order valence-electron chi connectivity index (χ0n) is 24.6. The Kier molecular flexibility index (Phi) is 7.64. The molecule has 0 bridgehead atoms. The summed E-state index contributed by atoms with van der Waals surface area (Å²) in [5.41, 5.74) is 4.73. The Morgan fingerprint density at radius 1 is 1.17 bits per heavy atom. The molecule has 0 radical (unpaired) electrons. The number of hydrogen-bond acceptors (Lipinski definition) is 7. The van der Waals surface area contributed by atoms with Gasteiger partial charge in [0.2, 0.25) is 0 Å². The number of ether oxygens (including phenoxy) is 3. The largest absolute Gasteiger partial charge is 0.496 e. The second kappa shape index (κ2) is 11.4. The van der Waals surface area contributed by atoms with Gasteiger partial charge in [-0.3, -0.25) is 9.36 Å². The highest BCUT2D eigenvalue weighted by atomic mass is 32.1. The molecule has 4 heterocycles. The summed E-state index contributed by atoms with van der Waals surface area (Å²) in [5.74, 6) is 0.245. The first-order valence-corrected chi connectivity index (χ1v) is 15.2. The maximum Gasteiger partial charge on any atom is 0.338 e. The van der Waals surface area contributed by atoms with Crippen LogP contribution in [0.3, 0.4) is 0 Å². The number of thiazole rings is 1. The number of allylic oxidation sites excluding steroid dienone is 1. The number of esters is 1. The number of carbonyl (C=O) groups excluding carboxylic acids is 1. The van der Waals surface area contributed by atoms with Crippen molar-refractivity contribution in [1.29, 1.82) is 0 Å². The molecular formula is C33H35N3O5S. The van der Waals surface area contributed by atoms with Crippen LogP contribution >= 0.6 is 11.3 Å². The molecule has 0 aliphatic carbocycles. The average molecular weight is 586 g/mol. The van der Waals surface area contributed by atoms with Gasteiger partial charge in [0, 0.05) is 29.9 Å². The molecule has 218 valence electrons. The number of aromatic nitrogens is 2. The van der Waals surface area contributed by atoms with Crippen LogP contribution in [0.1, 0.15) is 55.2 Å². The molecule has 4 aromatic rings. The van der Waals surface area contributed by atoms with Crippen molar-refractivity contribution in [2.24, 2.45) is 4.99 Å². The molecule has 1 fully saturated rings. The average Bonchev–Trinajstić information content (AvgIpc) is 3.67. The molecule has 1 saturated heterocycles. The zero-order chi connectivity index (χ0) is 29.5. The van der Waals surface area contributed by atoms with Crippen LogP contribution in [0, 0.1) is 13.8 Å². The normalized spacial score (nSPS) is 18.8. The number of hydrogen-bond donors (Lipinski definition) is 0. The van der Waals surface area contributed by atoms with E-state index in [2.05, 4.69) is 24.5 Å². The number of carbonyl (C=O) groups is 1. The van der Waals surface area contributed by atoms with Crippen molar-refractivity contribution >= 4 is 34.2 Å². The molecule has 0 amide bonds. The molecule has 0 unspecified atom stereocenters. The molecule has 0 spiro atoms. The van der Waals surface area contributed by atoms with Crippen LogP contribution in [0.5, 0.6) is 5.75 Å². The van der Waals surface area contributed by atoms with Gasteiger partial charge in [0.25, 0.3) is 5.56 Å². The predicted molar refractivity (Wildman–Crippen MR) is 164 cm³/mol. The summed E-state index contributed by atoms with van der Waals surface area (Å²) < 4.78 is 21.5. The number of benzene rings is 2. The Hall–Kier alpha value is -3.95. The van der Waals surface area contributed by atoms with E-state index in [-0.39, 0.29) is 18.3 Å². The lowest BCUT2D eigenvalue weighted by Crippen LogP contribution is -2.40. The highest BCUT2D eigenvalue weighted by molar-refractivity contribution is 7.07. The van der Waals surface area contributed by atoms with Gasteiger partial charge in [0.05, 0.1) is 41.7 Å². The lowest BCUT2D eigenvalue weighted by Gasteiger charge is -2.26. The Labute approximate surface area is 248 Å². The third kappa shape index (κ3) is 4.80. The lowest BCUT2D eigenvalue weighted by atomic mass is 9.91. The first-order valence-electron chi connectivity index (χ1n) is 14.4. The molecule has 0 saturated carbocycles. The number of fused-ring (bicyclic) bond motifs is 2. The fourth-order valence-corrected chi connectivity index (χ4v) is 7.22. The van der Waals surface area contributed by atoms with Gasteiger partial charge >= 0.3 is 5.97 Å². The van der Waals surface area contributed by atoms with E-state index in [1.807, 2.05) is 42.5 Å². The van der Waals surface area contributed by atoms with Crippen LogP contribution in [0.15, 0.2) is 63.5 Å². The Morgan fingerprint density at radius 3 is 2.67 bits per heavy atom. The van der Waals surface area contributed by atoms with Crippen molar-refractivity contribution in [3.05, 3.63) is 95.9 Å². The van der Waals surface area contributed by atoms with Gasteiger partial charge in [0.1, 0.15) is 5.75 Å². The standard InChI is InChI=1S/C33H35N3O5S/c1-6-40-32(38)29-20(3)34-33-36(30(29)26-13-14-27(39-5)25-12-8-7-11-24(25)26)31(37)28(42-33)17-22-16-19(2)35(21(22)4)18-23-10-9-15-41-23/h7-8,11-14,16-17,23,30H,6,9-10,15,18H2,1-5H3/t23-,30-/m0/s1. The predicted octanol–water partition coefficient (Wildman–Crippen LogP) is 4.56. The molecule has 2 aromatic heterocycles. The van der Waals surface area contributed by atoms with Crippen LogP contribution in [-0.2, 0) is 20.8 Å². The number of nitrogens with zero attached hydrogens (tertiary/aromatic N) is 3. The summed E-state index contributed by atoms with van der Waals surface area (Å²) in [7, 11) is 1.64. The highest BCUT2D eigenvalue weighted by Gasteiger charge is 2.34. The van der Waals surface area contributed by atoms with Crippen LogP contribution in [0.4, 0.5) is 0 Å². The first-order chi connectivity index (χ1) is 20.3. The van der Waals surface area contributed by atoms with Crippen LogP contribution in [0.25, 0.3) is 16.8 Å². The van der Waals surface area contributed by atoms with E-state index in [0.29, 0.717) is 20.6 Å². The van der Waals surface area contributed by atoms with E-state index in [9.17, 15) is 9.59 Å². The second-order valence-electron chi connectivity index (χ2n) is 10.8. The SMILES string of the molecule is CCOC(=O)C1=C(C)N=c2sc(=Cc3cc(C)n(C[C@@H]4CCCO4)c3C)c(=O)n2[C@H]1c1ccc(OC)c2ccccc12. The van der Waals surface area contributed by atoms with Crippen molar-refractivity contribution in [3.8, 4) is 5.75 Å². The summed E-state index contributed by atoms with van der Waals surface area (Å²) in [5, 5.41) is 1.79. The van der Waals surface area contributed by atoms with Gasteiger partial charge in [0.15, 0.2) is 4.80 Å². The van der Waals surface area contributed by atoms with Gasteiger partial charge in [-0.15, -0.1) is 0 Å². The van der Waals surface area contributed by atoms with Gasteiger partial charge in [-0.1, -0.05) is 41.7 Å². The molecule has 6 rings (SSSR count). The third-order valence-corrected chi connectivity index (χ3v) is 9.24. The Morgan fingerprint density at radius 2 is 1.95 bits per heavy atom. The molecule has 2 atom stereocenters. The topological polar surface area (TPSA) is 84.0 Å². The maximum absolute atomic E-state index is 14.2. The Balaban J connectivity index is 1.54. The van der Waals surface area contributed by atoms with Gasteiger partial charge < -0.3 is 18.8 Å². The third-order valence-electron chi connectivity index (χ3n) is 8.26. The van der Waals surface area contributed by atoms with Crippen molar-refractivity contribution in [2.45, 2.75) is 59.2 Å². The summed E-state index contributed by atoms with van der Waals surface area (Å²) in [4.78, 5) is 32.9. The minimum Gasteiger partial charge on any atom is -0.496 e. The van der Waals surface area contributed by atoms with E-state index in [1.54, 1.807) is 25.5 Å². The molecule has 2 aromatic carbocycles. The summed E-state index contributed by atoms with van der Waals surface area (Å²) >= 11 is 1.34. The van der Waals surface area contributed by atoms with Crippen LogP contribution < -0.4 is 19.6 Å². The van der Waals surface area contributed by atoms with Crippen molar-refractivity contribution in [1.82, 2.24) is 9.13 Å². The van der Waals surface area contributed by atoms with Gasteiger partial charge in [-0.2, -0.15) is 0 Å². The van der Waals surface area contributed by atoms with E-state index >= 15 is 0 Å². The van der Waals surface area contributed by atoms with E-state index in [1.165, 1.54) is 11.3 Å². The van der Waals surface area contributed by atoms with Crippen molar-refractivity contribution in [3.63, 3.8) is 0 Å². The summed E-state index contributed by atoms with van der Waals surface area (Å²) in [6, 6.07) is 13.1. The molecule has 0 N–H and O–H groups in total.